The fraction of sp³-hybridized carbons (Fsp3) is 0.455. The van der Waals surface area contributed by atoms with Crippen molar-refractivity contribution in [1.29, 1.82) is 0 Å². The Morgan fingerprint density at radius 3 is 2.68 bits per heavy atom. The van der Waals surface area contributed by atoms with Gasteiger partial charge in [0.25, 0.3) is 5.91 Å². The Hall–Kier alpha value is -2.11. The van der Waals surface area contributed by atoms with Crippen LogP contribution >= 0.6 is 11.6 Å². The maximum Gasteiger partial charge on any atom is 0.256 e. The number of carbonyl (C=O) groups excluding carboxylic acids is 1. The van der Waals surface area contributed by atoms with Crippen molar-refractivity contribution in [2.45, 2.75) is 45.1 Å². The maximum absolute atomic E-state index is 12.7. The molecule has 0 bridgehead atoms. The maximum atomic E-state index is 12.7. The second-order valence-electron chi connectivity index (χ2n) is 8.00. The van der Waals surface area contributed by atoms with Crippen LogP contribution < -0.4 is 10.1 Å². The van der Waals surface area contributed by atoms with Crippen molar-refractivity contribution >= 4 is 17.5 Å². The Bertz CT molecular complexity index is 811. The molecule has 1 aliphatic carbocycles. The van der Waals surface area contributed by atoms with Gasteiger partial charge in [0, 0.05) is 17.8 Å². The number of aromatic nitrogens is 1. The number of carbonyl (C=O) groups is 1. The Labute approximate surface area is 171 Å². The number of benzene rings is 1. The van der Waals surface area contributed by atoms with Crippen molar-refractivity contribution in [3.8, 4) is 11.6 Å². The van der Waals surface area contributed by atoms with Gasteiger partial charge in [0.2, 0.25) is 5.88 Å². The van der Waals surface area contributed by atoms with Gasteiger partial charge in [-0.1, -0.05) is 17.7 Å². The van der Waals surface area contributed by atoms with Gasteiger partial charge >= 0.3 is 0 Å². The van der Waals surface area contributed by atoms with E-state index in [9.17, 15) is 9.90 Å². The highest BCUT2D eigenvalue weighted by atomic mass is 35.5. The fourth-order valence-corrected chi connectivity index (χ4v) is 3.87. The van der Waals surface area contributed by atoms with Crippen molar-refractivity contribution in [3.63, 3.8) is 0 Å². The molecule has 0 aliphatic heterocycles. The number of pyridine rings is 1. The third kappa shape index (κ3) is 5.46. The lowest BCUT2D eigenvalue weighted by molar-refractivity contribution is -0.00575. The molecule has 5 nitrogen and oxygen atoms in total. The standard InChI is InChI=1S/C22H27ClN2O3/c1-22(2,27)16-10-8-15(9-11-16)14-25-20(26)19-7-4-12-24-21(19)28-18-6-3-5-17(23)13-18/h3-7,12-13,15-16,27H,8-11,14H2,1-2H3,(H,25,26). The lowest BCUT2D eigenvalue weighted by atomic mass is 9.75. The van der Waals surface area contributed by atoms with E-state index >= 15 is 0 Å². The fourth-order valence-electron chi connectivity index (χ4n) is 3.69. The van der Waals surface area contributed by atoms with Crippen LogP contribution in [-0.4, -0.2) is 28.1 Å². The first-order chi connectivity index (χ1) is 13.3. The van der Waals surface area contributed by atoms with Gasteiger partial charge in [0.1, 0.15) is 11.3 Å². The van der Waals surface area contributed by atoms with E-state index in [1.54, 1.807) is 42.6 Å². The second-order valence-corrected chi connectivity index (χ2v) is 8.43. The molecule has 1 aromatic heterocycles. The highest BCUT2D eigenvalue weighted by Gasteiger charge is 2.31. The highest BCUT2D eigenvalue weighted by Crippen LogP contribution is 2.35. The minimum Gasteiger partial charge on any atom is -0.438 e. The van der Waals surface area contributed by atoms with Gasteiger partial charge in [-0.2, -0.15) is 0 Å². The van der Waals surface area contributed by atoms with Gasteiger partial charge in [-0.3, -0.25) is 4.79 Å². The largest absolute Gasteiger partial charge is 0.438 e. The van der Waals surface area contributed by atoms with Gasteiger partial charge in [0.15, 0.2) is 0 Å². The van der Waals surface area contributed by atoms with Crippen molar-refractivity contribution < 1.29 is 14.6 Å². The Balaban J connectivity index is 1.58. The molecule has 0 saturated heterocycles. The van der Waals surface area contributed by atoms with Gasteiger partial charge in [-0.15, -0.1) is 0 Å². The lowest BCUT2D eigenvalue weighted by Crippen LogP contribution is -2.37. The molecular weight excluding hydrogens is 376 g/mol. The first-order valence-electron chi connectivity index (χ1n) is 9.72. The zero-order valence-corrected chi connectivity index (χ0v) is 17.1. The molecule has 1 fully saturated rings. The summed E-state index contributed by atoms with van der Waals surface area (Å²) in [6.45, 7) is 4.37. The number of hydrogen-bond donors (Lipinski definition) is 2. The van der Waals surface area contributed by atoms with Gasteiger partial charge in [-0.25, -0.2) is 4.98 Å². The van der Waals surface area contributed by atoms with Gasteiger partial charge in [0.05, 0.1) is 5.60 Å². The molecule has 0 unspecified atom stereocenters. The molecule has 1 aliphatic rings. The summed E-state index contributed by atoms with van der Waals surface area (Å²) in [7, 11) is 0. The number of amides is 1. The van der Waals surface area contributed by atoms with Crippen LogP contribution in [0.4, 0.5) is 0 Å². The van der Waals surface area contributed by atoms with E-state index < -0.39 is 5.60 Å². The number of halogens is 1. The molecule has 6 heteroatoms. The summed E-state index contributed by atoms with van der Waals surface area (Å²) in [5.74, 6) is 1.35. The molecule has 1 amide bonds. The number of nitrogens with one attached hydrogen (secondary N) is 1. The highest BCUT2D eigenvalue weighted by molar-refractivity contribution is 6.30. The average molecular weight is 403 g/mol. The number of aliphatic hydroxyl groups is 1. The van der Waals surface area contributed by atoms with E-state index in [0.717, 1.165) is 25.7 Å². The van der Waals surface area contributed by atoms with E-state index in [4.69, 9.17) is 16.3 Å². The molecular formula is C22H27ClN2O3. The van der Waals surface area contributed by atoms with Crippen LogP contribution in [-0.2, 0) is 0 Å². The topological polar surface area (TPSA) is 71.5 Å². The summed E-state index contributed by atoms with van der Waals surface area (Å²) in [5, 5.41) is 13.7. The molecule has 150 valence electrons. The Morgan fingerprint density at radius 2 is 2.00 bits per heavy atom. The van der Waals surface area contributed by atoms with E-state index in [2.05, 4.69) is 10.3 Å². The molecule has 2 N–H and O–H groups in total. The smallest absolute Gasteiger partial charge is 0.256 e. The average Bonchev–Trinajstić information content (AvgIpc) is 2.66. The SMILES string of the molecule is CC(C)(O)C1CCC(CNC(=O)c2cccnc2Oc2cccc(Cl)c2)CC1. The predicted molar refractivity (Wildman–Crippen MR) is 110 cm³/mol. The van der Waals surface area contributed by atoms with Crippen LogP contribution in [0.1, 0.15) is 49.9 Å². The summed E-state index contributed by atoms with van der Waals surface area (Å²) < 4.78 is 5.77. The number of hydrogen-bond acceptors (Lipinski definition) is 4. The predicted octanol–water partition coefficient (Wildman–Crippen LogP) is 4.83. The minimum absolute atomic E-state index is 0.199. The molecule has 28 heavy (non-hydrogen) atoms. The number of ether oxygens (including phenoxy) is 1. The van der Waals surface area contributed by atoms with Crippen molar-refractivity contribution in [1.82, 2.24) is 10.3 Å². The molecule has 1 heterocycles. The number of rotatable bonds is 6. The van der Waals surface area contributed by atoms with E-state index in [0.29, 0.717) is 34.7 Å². The number of nitrogens with zero attached hydrogens (tertiary/aromatic N) is 1. The van der Waals surface area contributed by atoms with Crippen LogP contribution in [0.15, 0.2) is 42.6 Å². The molecule has 2 aromatic rings. The third-order valence-electron chi connectivity index (χ3n) is 5.42. The second kappa shape index (κ2) is 8.93. The van der Waals surface area contributed by atoms with E-state index in [-0.39, 0.29) is 11.8 Å². The van der Waals surface area contributed by atoms with E-state index in [1.165, 1.54) is 0 Å². The monoisotopic (exact) mass is 402 g/mol. The first-order valence-corrected chi connectivity index (χ1v) is 10.1. The molecule has 1 saturated carbocycles. The van der Waals surface area contributed by atoms with Crippen LogP contribution in [0.3, 0.4) is 0 Å². The molecule has 0 radical (unpaired) electrons. The molecule has 0 atom stereocenters. The Morgan fingerprint density at radius 1 is 1.25 bits per heavy atom. The van der Waals surface area contributed by atoms with Crippen molar-refractivity contribution in [2.24, 2.45) is 11.8 Å². The van der Waals surface area contributed by atoms with Crippen LogP contribution in [0.2, 0.25) is 5.02 Å². The van der Waals surface area contributed by atoms with Crippen molar-refractivity contribution in [2.75, 3.05) is 6.54 Å². The summed E-state index contributed by atoms with van der Waals surface area (Å²) in [6, 6.07) is 10.4. The van der Waals surface area contributed by atoms with Crippen LogP contribution in [0.5, 0.6) is 11.6 Å². The first kappa shape index (κ1) is 20.6. The molecule has 0 spiro atoms. The molecule has 3 rings (SSSR count). The van der Waals surface area contributed by atoms with Crippen LogP contribution in [0, 0.1) is 11.8 Å². The zero-order chi connectivity index (χ0) is 20.1. The lowest BCUT2D eigenvalue weighted by Gasteiger charge is -2.35. The van der Waals surface area contributed by atoms with E-state index in [1.807, 2.05) is 13.8 Å². The molecule has 1 aromatic carbocycles. The normalized spacial score (nSPS) is 19.9. The van der Waals surface area contributed by atoms with Crippen molar-refractivity contribution in [3.05, 3.63) is 53.2 Å². The minimum atomic E-state index is -0.628. The quantitative estimate of drug-likeness (QED) is 0.725. The van der Waals surface area contributed by atoms with Gasteiger partial charge in [-0.05, 0) is 81.7 Å². The van der Waals surface area contributed by atoms with Crippen LogP contribution in [0.25, 0.3) is 0 Å². The zero-order valence-electron chi connectivity index (χ0n) is 16.3. The summed E-state index contributed by atoms with van der Waals surface area (Å²) in [4.78, 5) is 16.9. The summed E-state index contributed by atoms with van der Waals surface area (Å²) >= 11 is 5.99. The third-order valence-corrected chi connectivity index (χ3v) is 5.66. The Kier molecular flexibility index (Phi) is 6.57. The summed E-state index contributed by atoms with van der Waals surface area (Å²) in [5.41, 5.74) is -0.232. The van der Waals surface area contributed by atoms with Gasteiger partial charge < -0.3 is 15.2 Å². The summed E-state index contributed by atoms with van der Waals surface area (Å²) in [6.07, 6.45) is 5.58.